The molecular weight excluding hydrogens is 250 g/mol. The molecule has 19 heavy (non-hydrogen) atoms. The number of benzene rings is 1. The molecule has 1 aromatic rings. The molecule has 0 spiro atoms. The van der Waals surface area contributed by atoms with E-state index in [2.05, 4.69) is 5.32 Å². The Balaban J connectivity index is 2.92. The average molecular weight is 267 g/mol. The van der Waals surface area contributed by atoms with Crippen molar-refractivity contribution in [3.05, 3.63) is 33.4 Å². The van der Waals surface area contributed by atoms with Crippen LogP contribution in [-0.2, 0) is 4.79 Å². The summed E-state index contributed by atoms with van der Waals surface area (Å²) in [6.07, 6.45) is 0. The molecule has 0 saturated carbocycles. The number of aryl methyl sites for hydroxylation is 2. The van der Waals surface area contributed by atoms with E-state index in [0.717, 1.165) is 5.56 Å². The van der Waals surface area contributed by atoms with Crippen molar-refractivity contribution in [3.63, 3.8) is 0 Å². The standard InChI is InChI=1S/C12H17N3O4/c1-7-4-8(2)11(5-10(7)15(17)18)19-6-9(14-3)12(13)16/h4-5,9,14H,6H2,1-3H3,(H2,13,16). The van der Waals surface area contributed by atoms with Gasteiger partial charge in [0.1, 0.15) is 18.4 Å². The van der Waals surface area contributed by atoms with E-state index < -0.39 is 16.9 Å². The maximum absolute atomic E-state index is 11.0. The normalized spacial score (nSPS) is 11.9. The second kappa shape index (κ2) is 6.14. The molecule has 0 radical (unpaired) electrons. The third-order valence-corrected chi connectivity index (χ3v) is 2.79. The minimum Gasteiger partial charge on any atom is -0.491 e. The van der Waals surface area contributed by atoms with E-state index in [0.29, 0.717) is 11.3 Å². The number of hydrogen-bond donors (Lipinski definition) is 2. The molecule has 104 valence electrons. The van der Waals surface area contributed by atoms with Gasteiger partial charge in [-0.2, -0.15) is 0 Å². The third kappa shape index (κ3) is 3.65. The van der Waals surface area contributed by atoms with Gasteiger partial charge in [-0.3, -0.25) is 14.9 Å². The Morgan fingerprint density at radius 2 is 2.11 bits per heavy atom. The summed E-state index contributed by atoms with van der Waals surface area (Å²) in [6.45, 7) is 3.46. The van der Waals surface area contributed by atoms with E-state index >= 15 is 0 Å². The van der Waals surface area contributed by atoms with Crippen LogP contribution in [0.1, 0.15) is 11.1 Å². The van der Waals surface area contributed by atoms with Crippen LogP contribution in [-0.4, -0.2) is 30.5 Å². The summed E-state index contributed by atoms with van der Waals surface area (Å²) in [5, 5.41) is 13.6. The van der Waals surface area contributed by atoms with Crippen molar-refractivity contribution in [1.29, 1.82) is 0 Å². The van der Waals surface area contributed by atoms with Crippen molar-refractivity contribution in [2.45, 2.75) is 19.9 Å². The summed E-state index contributed by atoms with van der Waals surface area (Å²) in [4.78, 5) is 21.4. The number of nitrogens with zero attached hydrogens (tertiary/aromatic N) is 1. The number of primary amides is 1. The van der Waals surface area contributed by atoms with Gasteiger partial charge in [0.15, 0.2) is 0 Å². The fraction of sp³-hybridized carbons (Fsp3) is 0.417. The SMILES string of the molecule is CNC(COc1cc([N+](=O)[O-])c(C)cc1C)C(N)=O. The van der Waals surface area contributed by atoms with E-state index in [1.54, 1.807) is 27.0 Å². The molecule has 1 amide bonds. The van der Waals surface area contributed by atoms with Gasteiger partial charge in [-0.25, -0.2) is 0 Å². The minimum absolute atomic E-state index is 0.0133. The number of nitrogens with two attached hydrogens (primary N) is 1. The predicted octanol–water partition coefficient (Wildman–Crippen LogP) is 0.664. The van der Waals surface area contributed by atoms with Crippen molar-refractivity contribution in [3.8, 4) is 5.75 Å². The maximum Gasteiger partial charge on any atom is 0.276 e. The van der Waals surface area contributed by atoms with Crippen LogP contribution in [0.2, 0.25) is 0 Å². The molecule has 1 atom stereocenters. The van der Waals surface area contributed by atoms with Crippen molar-refractivity contribution in [2.75, 3.05) is 13.7 Å². The highest BCUT2D eigenvalue weighted by Crippen LogP contribution is 2.28. The lowest BCUT2D eigenvalue weighted by Crippen LogP contribution is -2.43. The van der Waals surface area contributed by atoms with E-state index in [1.165, 1.54) is 6.07 Å². The second-order valence-electron chi connectivity index (χ2n) is 4.22. The average Bonchev–Trinajstić information content (AvgIpc) is 2.31. The molecule has 1 rings (SSSR count). The van der Waals surface area contributed by atoms with Gasteiger partial charge in [0.25, 0.3) is 5.69 Å². The van der Waals surface area contributed by atoms with Crippen LogP contribution >= 0.6 is 0 Å². The molecule has 0 aliphatic heterocycles. The largest absolute Gasteiger partial charge is 0.491 e. The van der Waals surface area contributed by atoms with Gasteiger partial charge in [-0.05, 0) is 32.5 Å². The molecule has 7 nitrogen and oxygen atoms in total. The topological polar surface area (TPSA) is 107 Å². The Bertz CT molecular complexity index is 502. The molecular formula is C12H17N3O4. The molecule has 0 fully saturated rings. The summed E-state index contributed by atoms with van der Waals surface area (Å²) >= 11 is 0. The van der Waals surface area contributed by atoms with Gasteiger partial charge in [0.2, 0.25) is 5.91 Å². The Morgan fingerprint density at radius 1 is 1.47 bits per heavy atom. The van der Waals surface area contributed by atoms with Crippen LogP contribution in [0.25, 0.3) is 0 Å². The van der Waals surface area contributed by atoms with Gasteiger partial charge in [-0.15, -0.1) is 0 Å². The van der Waals surface area contributed by atoms with Crippen LogP contribution in [0.5, 0.6) is 5.75 Å². The lowest BCUT2D eigenvalue weighted by atomic mass is 10.1. The number of ether oxygens (including phenoxy) is 1. The molecule has 0 aliphatic rings. The Kier molecular flexibility index (Phi) is 4.82. The van der Waals surface area contributed by atoms with E-state index in [-0.39, 0.29) is 12.3 Å². The molecule has 0 aliphatic carbocycles. The van der Waals surface area contributed by atoms with Crippen LogP contribution in [0.4, 0.5) is 5.69 Å². The molecule has 0 bridgehead atoms. The van der Waals surface area contributed by atoms with Crippen LogP contribution < -0.4 is 15.8 Å². The summed E-state index contributed by atoms with van der Waals surface area (Å²) in [5.41, 5.74) is 6.48. The number of likely N-dealkylation sites (N-methyl/N-ethyl adjacent to an activating group) is 1. The fourth-order valence-electron chi connectivity index (χ4n) is 1.65. The Hall–Kier alpha value is -2.15. The first kappa shape index (κ1) is 14.9. The van der Waals surface area contributed by atoms with E-state index in [9.17, 15) is 14.9 Å². The van der Waals surface area contributed by atoms with Crippen LogP contribution in [0.15, 0.2) is 12.1 Å². The number of carbonyl (C=O) groups is 1. The Morgan fingerprint density at radius 3 is 2.58 bits per heavy atom. The van der Waals surface area contributed by atoms with Crippen molar-refractivity contribution < 1.29 is 14.5 Å². The zero-order valence-corrected chi connectivity index (χ0v) is 11.1. The highest BCUT2D eigenvalue weighted by Gasteiger charge is 2.17. The highest BCUT2D eigenvalue weighted by atomic mass is 16.6. The van der Waals surface area contributed by atoms with Gasteiger partial charge in [-0.1, -0.05) is 0 Å². The van der Waals surface area contributed by atoms with Crippen molar-refractivity contribution in [1.82, 2.24) is 5.32 Å². The third-order valence-electron chi connectivity index (χ3n) is 2.79. The molecule has 1 unspecified atom stereocenters. The number of hydrogen-bond acceptors (Lipinski definition) is 5. The zero-order chi connectivity index (χ0) is 14.6. The summed E-state index contributed by atoms with van der Waals surface area (Å²) in [5.74, 6) is -0.166. The van der Waals surface area contributed by atoms with Crippen molar-refractivity contribution >= 4 is 11.6 Å². The molecule has 0 saturated heterocycles. The first-order valence-corrected chi connectivity index (χ1v) is 5.71. The number of carbonyl (C=O) groups excluding carboxylic acids is 1. The van der Waals surface area contributed by atoms with Crippen LogP contribution in [0.3, 0.4) is 0 Å². The molecule has 0 heterocycles. The molecule has 0 aromatic heterocycles. The van der Waals surface area contributed by atoms with Gasteiger partial charge < -0.3 is 15.8 Å². The fourth-order valence-corrected chi connectivity index (χ4v) is 1.65. The summed E-state index contributed by atoms with van der Waals surface area (Å²) < 4.78 is 5.43. The van der Waals surface area contributed by atoms with E-state index in [1.807, 2.05) is 0 Å². The summed E-state index contributed by atoms with van der Waals surface area (Å²) in [7, 11) is 1.59. The second-order valence-corrected chi connectivity index (χ2v) is 4.22. The van der Waals surface area contributed by atoms with Crippen LogP contribution in [0, 0.1) is 24.0 Å². The van der Waals surface area contributed by atoms with Gasteiger partial charge in [0, 0.05) is 5.56 Å². The van der Waals surface area contributed by atoms with Gasteiger partial charge >= 0.3 is 0 Å². The first-order valence-electron chi connectivity index (χ1n) is 5.71. The quantitative estimate of drug-likeness (QED) is 0.581. The molecule has 3 N–H and O–H groups in total. The predicted molar refractivity (Wildman–Crippen MR) is 70.1 cm³/mol. The lowest BCUT2D eigenvalue weighted by molar-refractivity contribution is -0.385. The maximum atomic E-state index is 11.0. The monoisotopic (exact) mass is 267 g/mol. The lowest BCUT2D eigenvalue weighted by Gasteiger charge is -2.15. The number of amides is 1. The highest BCUT2D eigenvalue weighted by molar-refractivity contribution is 5.80. The van der Waals surface area contributed by atoms with Crippen molar-refractivity contribution in [2.24, 2.45) is 5.73 Å². The zero-order valence-electron chi connectivity index (χ0n) is 11.1. The Labute approximate surface area is 110 Å². The molecule has 1 aromatic carbocycles. The minimum atomic E-state index is -0.639. The number of nitro benzene ring substituents is 1. The number of nitrogens with one attached hydrogen (secondary N) is 1. The van der Waals surface area contributed by atoms with Gasteiger partial charge in [0.05, 0.1) is 11.0 Å². The first-order chi connectivity index (χ1) is 8.86. The van der Waals surface area contributed by atoms with E-state index in [4.69, 9.17) is 10.5 Å². The molecule has 7 heteroatoms. The smallest absolute Gasteiger partial charge is 0.276 e. The summed E-state index contributed by atoms with van der Waals surface area (Å²) in [6, 6.07) is 2.39. The number of nitro groups is 1. The number of rotatable bonds is 6.